The number of hydrogen-bond acceptors (Lipinski definition) is 5. The molecule has 150 valence electrons. The van der Waals surface area contributed by atoms with Crippen LogP contribution in [0.1, 0.15) is 17.3 Å². The lowest BCUT2D eigenvalue weighted by molar-refractivity contribution is -0.116. The van der Waals surface area contributed by atoms with Crippen molar-refractivity contribution in [1.29, 1.82) is 0 Å². The third-order valence-electron chi connectivity index (χ3n) is 3.81. The highest BCUT2D eigenvalue weighted by atomic mass is 35.5. The van der Waals surface area contributed by atoms with Gasteiger partial charge >= 0.3 is 5.97 Å². The van der Waals surface area contributed by atoms with Gasteiger partial charge in [0.15, 0.2) is 0 Å². The number of ether oxygens (including phenoxy) is 1. The molecule has 0 aliphatic carbocycles. The summed E-state index contributed by atoms with van der Waals surface area (Å²) in [5, 5.41) is 2.66. The molecule has 0 radical (unpaired) electrons. The first-order valence-electron chi connectivity index (χ1n) is 7.98. The lowest BCUT2D eigenvalue weighted by Gasteiger charge is -2.28. The summed E-state index contributed by atoms with van der Waals surface area (Å²) >= 11 is 6.06. The molecule has 0 heterocycles. The van der Waals surface area contributed by atoms with Crippen LogP contribution >= 0.6 is 11.6 Å². The van der Waals surface area contributed by atoms with Gasteiger partial charge in [-0.1, -0.05) is 11.6 Å². The van der Waals surface area contributed by atoms with Crippen LogP contribution in [-0.2, 0) is 19.6 Å². The van der Waals surface area contributed by atoms with Crippen molar-refractivity contribution in [1.82, 2.24) is 0 Å². The number of carbonyl (C=O) groups excluding carboxylic acids is 2. The van der Waals surface area contributed by atoms with Crippen LogP contribution < -0.4 is 9.62 Å². The van der Waals surface area contributed by atoms with Crippen LogP contribution in [0.15, 0.2) is 42.5 Å². The summed E-state index contributed by atoms with van der Waals surface area (Å²) in [6.45, 7) is 1.37. The summed E-state index contributed by atoms with van der Waals surface area (Å²) in [5.74, 6) is -1.86. The second-order valence-electron chi connectivity index (χ2n) is 5.89. The van der Waals surface area contributed by atoms with Crippen molar-refractivity contribution in [2.45, 2.75) is 13.0 Å². The standard InChI is InChI=1S/C18H18ClFN2O5S/c1-11(22(28(3,25)26)14-7-5-13(20)6-8-14)17(23)21-16-10-12(18(24)27-2)4-9-15(16)19/h4-11H,1-3H3,(H,21,23). The number of anilines is 2. The fourth-order valence-corrected chi connectivity index (χ4v) is 3.84. The van der Waals surface area contributed by atoms with E-state index in [-0.39, 0.29) is 22.0 Å². The molecule has 0 aliphatic heterocycles. The molecule has 1 N–H and O–H groups in total. The minimum absolute atomic E-state index is 0.119. The molecular weight excluding hydrogens is 411 g/mol. The summed E-state index contributed by atoms with van der Waals surface area (Å²) in [6.07, 6.45) is 0.936. The van der Waals surface area contributed by atoms with Crippen molar-refractivity contribution >= 4 is 44.9 Å². The van der Waals surface area contributed by atoms with E-state index in [2.05, 4.69) is 10.1 Å². The minimum Gasteiger partial charge on any atom is -0.465 e. The van der Waals surface area contributed by atoms with Gasteiger partial charge in [-0.05, 0) is 49.4 Å². The molecule has 0 saturated heterocycles. The van der Waals surface area contributed by atoms with Gasteiger partial charge in [0, 0.05) is 0 Å². The molecule has 0 fully saturated rings. The Morgan fingerprint density at radius 2 is 1.79 bits per heavy atom. The highest BCUT2D eigenvalue weighted by Crippen LogP contribution is 2.26. The minimum atomic E-state index is -3.86. The van der Waals surface area contributed by atoms with Crippen molar-refractivity contribution in [2.75, 3.05) is 23.0 Å². The van der Waals surface area contributed by atoms with Crippen molar-refractivity contribution in [3.05, 3.63) is 58.9 Å². The van der Waals surface area contributed by atoms with E-state index in [4.69, 9.17) is 11.6 Å². The Kier molecular flexibility index (Phi) is 6.63. The number of carbonyl (C=O) groups is 2. The molecule has 0 aliphatic rings. The first-order chi connectivity index (χ1) is 13.0. The Hall–Kier alpha value is -2.65. The van der Waals surface area contributed by atoms with E-state index < -0.39 is 33.8 Å². The molecule has 1 unspecified atom stereocenters. The highest BCUT2D eigenvalue weighted by Gasteiger charge is 2.29. The summed E-state index contributed by atoms with van der Waals surface area (Å²) in [6, 6.07) is 7.66. The van der Waals surface area contributed by atoms with E-state index in [9.17, 15) is 22.4 Å². The van der Waals surface area contributed by atoms with Gasteiger partial charge in [-0.15, -0.1) is 0 Å². The van der Waals surface area contributed by atoms with Crippen LogP contribution in [-0.4, -0.2) is 39.7 Å². The van der Waals surface area contributed by atoms with Gasteiger partial charge in [-0.2, -0.15) is 0 Å². The normalized spacial score (nSPS) is 12.2. The molecule has 7 nitrogen and oxygen atoms in total. The maximum absolute atomic E-state index is 13.2. The molecule has 2 aromatic carbocycles. The average Bonchev–Trinajstić information content (AvgIpc) is 2.63. The average molecular weight is 429 g/mol. The Labute approximate surface area is 167 Å². The van der Waals surface area contributed by atoms with E-state index in [0.717, 1.165) is 22.7 Å². The zero-order valence-corrected chi connectivity index (χ0v) is 16.8. The Morgan fingerprint density at radius 3 is 2.32 bits per heavy atom. The van der Waals surface area contributed by atoms with E-state index in [1.54, 1.807) is 0 Å². The maximum atomic E-state index is 13.2. The van der Waals surface area contributed by atoms with E-state index >= 15 is 0 Å². The monoisotopic (exact) mass is 428 g/mol. The number of hydrogen-bond donors (Lipinski definition) is 1. The Bertz CT molecular complexity index is 996. The van der Waals surface area contributed by atoms with E-state index in [1.165, 1.54) is 44.4 Å². The largest absolute Gasteiger partial charge is 0.465 e. The molecule has 0 spiro atoms. The first-order valence-corrected chi connectivity index (χ1v) is 10.2. The molecule has 28 heavy (non-hydrogen) atoms. The lowest BCUT2D eigenvalue weighted by Crippen LogP contribution is -2.45. The number of amides is 1. The van der Waals surface area contributed by atoms with Gasteiger partial charge in [0.2, 0.25) is 15.9 Å². The van der Waals surface area contributed by atoms with Crippen molar-refractivity contribution in [3.8, 4) is 0 Å². The van der Waals surface area contributed by atoms with Crippen LogP contribution in [0.4, 0.5) is 15.8 Å². The van der Waals surface area contributed by atoms with Gasteiger partial charge in [0.25, 0.3) is 0 Å². The van der Waals surface area contributed by atoms with Crippen LogP contribution in [0.3, 0.4) is 0 Å². The highest BCUT2D eigenvalue weighted by molar-refractivity contribution is 7.92. The van der Waals surface area contributed by atoms with Gasteiger partial charge < -0.3 is 10.1 Å². The number of rotatable bonds is 6. The Balaban J connectivity index is 2.34. The van der Waals surface area contributed by atoms with Gasteiger partial charge in [-0.25, -0.2) is 17.6 Å². The third-order valence-corrected chi connectivity index (χ3v) is 5.39. The summed E-state index contributed by atoms with van der Waals surface area (Å²) in [4.78, 5) is 24.3. The number of nitrogens with one attached hydrogen (secondary N) is 1. The van der Waals surface area contributed by atoms with Crippen LogP contribution in [0.2, 0.25) is 5.02 Å². The van der Waals surface area contributed by atoms with Gasteiger partial charge in [-0.3, -0.25) is 9.10 Å². The number of halogens is 2. The predicted molar refractivity (Wildman–Crippen MR) is 105 cm³/mol. The fraction of sp³-hybridized carbons (Fsp3) is 0.222. The van der Waals surface area contributed by atoms with Crippen molar-refractivity contribution < 1.29 is 27.1 Å². The summed E-state index contributed by atoms with van der Waals surface area (Å²) in [7, 11) is -2.65. The molecule has 1 atom stereocenters. The van der Waals surface area contributed by atoms with Crippen LogP contribution in [0.5, 0.6) is 0 Å². The molecule has 2 rings (SSSR count). The van der Waals surface area contributed by atoms with Crippen LogP contribution in [0, 0.1) is 5.82 Å². The predicted octanol–water partition coefficient (Wildman–Crippen LogP) is 3.06. The second-order valence-corrected chi connectivity index (χ2v) is 8.15. The lowest BCUT2D eigenvalue weighted by atomic mass is 10.2. The third kappa shape index (κ3) is 4.99. The summed E-state index contributed by atoms with van der Waals surface area (Å²) < 4.78 is 43.1. The zero-order chi connectivity index (χ0) is 21.1. The Morgan fingerprint density at radius 1 is 1.18 bits per heavy atom. The van der Waals surface area contributed by atoms with Gasteiger partial charge in [0.1, 0.15) is 11.9 Å². The molecule has 10 heteroatoms. The van der Waals surface area contributed by atoms with E-state index in [0.29, 0.717) is 0 Å². The fourth-order valence-electron chi connectivity index (χ4n) is 2.50. The number of methoxy groups -OCH3 is 1. The topological polar surface area (TPSA) is 92.8 Å². The smallest absolute Gasteiger partial charge is 0.337 e. The van der Waals surface area contributed by atoms with Crippen molar-refractivity contribution in [2.24, 2.45) is 0 Å². The zero-order valence-electron chi connectivity index (χ0n) is 15.3. The van der Waals surface area contributed by atoms with Crippen LogP contribution in [0.25, 0.3) is 0 Å². The maximum Gasteiger partial charge on any atom is 0.337 e. The quantitative estimate of drug-likeness (QED) is 0.714. The first kappa shape index (κ1) is 21.6. The number of sulfonamides is 1. The van der Waals surface area contributed by atoms with Crippen molar-refractivity contribution in [3.63, 3.8) is 0 Å². The molecule has 0 aromatic heterocycles. The summed E-state index contributed by atoms with van der Waals surface area (Å²) in [5.41, 5.74) is 0.406. The van der Waals surface area contributed by atoms with E-state index in [1.807, 2.05) is 0 Å². The molecule has 2 aromatic rings. The number of esters is 1. The molecular formula is C18H18ClFN2O5S. The SMILES string of the molecule is COC(=O)c1ccc(Cl)c(NC(=O)C(C)N(c2ccc(F)cc2)S(C)(=O)=O)c1. The second kappa shape index (κ2) is 8.57. The molecule has 0 bridgehead atoms. The van der Waals surface area contributed by atoms with Gasteiger partial charge in [0.05, 0.1) is 35.3 Å². The molecule has 1 amide bonds. The number of nitrogens with zero attached hydrogens (tertiary/aromatic N) is 1. The number of benzene rings is 2. The molecule has 0 saturated carbocycles.